The lowest BCUT2D eigenvalue weighted by molar-refractivity contribution is 0.602. The molecule has 0 unspecified atom stereocenters. The summed E-state index contributed by atoms with van der Waals surface area (Å²) in [5.41, 5.74) is 4.50. The third-order valence-corrected chi connectivity index (χ3v) is 2.30. The average molecular weight is 224 g/mol. The van der Waals surface area contributed by atoms with E-state index in [1.165, 1.54) is 13.3 Å². The van der Waals surface area contributed by atoms with Crippen molar-refractivity contribution in [2.75, 3.05) is 13.3 Å². The maximum Gasteiger partial charge on any atom is 0.175 e. The molecular weight excluding hydrogens is 210 g/mol. The molecule has 0 aromatic heterocycles. The molecule has 0 fully saturated rings. The van der Waals surface area contributed by atoms with Crippen LogP contribution in [-0.4, -0.2) is 21.7 Å². The zero-order valence-electron chi connectivity index (χ0n) is 7.60. The molecule has 0 amide bonds. The van der Waals surface area contributed by atoms with Gasteiger partial charge < -0.3 is 5.73 Å². The topological polar surface area (TPSA) is 60.2 Å². The Balaban J connectivity index is 0. The van der Waals surface area contributed by atoms with Crippen LogP contribution in [0.5, 0.6) is 0 Å². The van der Waals surface area contributed by atoms with Gasteiger partial charge in [-0.25, -0.2) is 8.42 Å². The van der Waals surface area contributed by atoms with Crippen LogP contribution in [0.15, 0.2) is 35.2 Å². The molecule has 0 saturated heterocycles. The second-order valence-electron chi connectivity index (χ2n) is 2.09. The number of hydrogen-bond donors (Lipinski definition) is 1. The van der Waals surface area contributed by atoms with Crippen LogP contribution in [0, 0.1) is 0 Å². The zero-order chi connectivity index (χ0) is 9.61. The number of benzene rings is 1. The first kappa shape index (κ1) is 14.9. The lowest BCUT2D eigenvalue weighted by Crippen LogP contribution is -1.95. The summed E-state index contributed by atoms with van der Waals surface area (Å²) < 4.78 is 21.7. The Hall–Kier alpha value is -0.580. The summed E-state index contributed by atoms with van der Waals surface area (Å²) in [6.07, 6.45) is 1.20. The molecule has 5 heteroatoms. The van der Waals surface area contributed by atoms with E-state index in [4.69, 9.17) is 0 Å². The van der Waals surface area contributed by atoms with Gasteiger partial charge in [-0.2, -0.15) is 0 Å². The van der Waals surface area contributed by atoms with Crippen molar-refractivity contribution in [2.45, 2.75) is 4.90 Å². The van der Waals surface area contributed by atoms with Gasteiger partial charge in [0.25, 0.3) is 0 Å². The zero-order valence-corrected chi connectivity index (χ0v) is 9.23. The molecule has 0 aliphatic rings. The summed E-state index contributed by atoms with van der Waals surface area (Å²) in [7, 11) is -1.50. The Morgan fingerprint density at radius 2 is 1.46 bits per heavy atom. The standard InChI is InChI=1S/C7H8O2S.CH5N.ClH/c1-10(8,9)7-5-3-2-4-6-7;1-2;/h2-6H,1H3;2H2,1H3;1H. The molecule has 0 saturated carbocycles. The molecule has 76 valence electrons. The van der Waals surface area contributed by atoms with Crippen molar-refractivity contribution < 1.29 is 8.42 Å². The van der Waals surface area contributed by atoms with E-state index in [1.807, 2.05) is 0 Å². The first-order valence-electron chi connectivity index (χ1n) is 3.43. The van der Waals surface area contributed by atoms with E-state index < -0.39 is 9.84 Å². The fourth-order valence-corrected chi connectivity index (χ4v) is 1.32. The number of rotatable bonds is 1. The highest BCUT2D eigenvalue weighted by molar-refractivity contribution is 7.90. The van der Waals surface area contributed by atoms with Crippen LogP contribution in [0.4, 0.5) is 0 Å². The van der Waals surface area contributed by atoms with Crippen molar-refractivity contribution in [1.29, 1.82) is 0 Å². The lowest BCUT2D eigenvalue weighted by Gasteiger charge is -1.93. The van der Waals surface area contributed by atoms with Gasteiger partial charge in [0, 0.05) is 6.26 Å². The number of nitrogens with two attached hydrogens (primary N) is 1. The Morgan fingerprint density at radius 3 is 1.69 bits per heavy atom. The minimum Gasteiger partial charge on any atom is -0.333 e. The first-order chi connectivity index (χ1) is 5.61. The van der Waals surface area contributed by atoms with Crippen LogP contribution < -0.4 is 5.73 Å². The summed E-state index contributed by atoms with van der Waals surface area (Å²) in [4.78, 5) is 0.370. The van der Waals surface area contributed by atoms with E-state index in [-0.39, 0.29) is 12.4 Å². The quantitative estimate of drug-likeness (QED) is 0.775. The molecule has 0 atom stereocenters. The molecule has 0 aliphatic carbocycles. The molecule has 0 spiro atoms. The summed E-state index contributed by atoms with van der Waals surface area (Å²) >= 11 is 0. The lowest BCUT2D eigenvalue weighted by atomic mass is 10.4. The second kappa shape index (κ2) is 6.88. The van der Waals surface area contributed by atoms with Crippen molar-refractivity contribution in [3.05, 3.63) is 30.3 Å². The fourth-order valence-electron chi connectivity index (χ4n) is 0.668. The Morgan fingerprint density at radius 1 is 1.08 bits per heavy atom. The minimum atomic E-state index is -3.00. The van der Waals surface area contributed by atoms with Gasteiger partial charge >= 0.3 is 0 Å². The Bertz CT molecular complexity index is 310. The van der Waals surface area contributed by atoms with Crippen LogP contribution >= 0.6 is 12.4 Å². The van der Waals surface area contributed by atoms with Crippen LogP contribution in [0.25, 0.3) is 0 Å². The van der Waals surface area contributed by atoms with E-state index >= 15 is 0 Å². The van der Waals surface area contributed by atoms with Gasteiger partial charge in [0.05, 0.1) is 4.90 Å². The van der Waals surface area contributed by atoms with Crippen molar-refractivity contribution in [2.24, 2.45) is 5.73 Å². The van der Waals surface area contributed by atoms with Crippen LogP contribution in [-0.2, 0) is 9.84 Å². The third-order valence-electron chi connectivity index (χ3n) is 1.17. The number of hydrogen-bond acceptors (Lipinski definition) is 3. The smallest absolute Gasteiger partial charge is 0.175 e. The molecule has 0 radical (unpaired) electrons. The van der Waals surface area contributed by atoms with Gasteiger partial charge in [-0.3, -0.25) is 0 Å². The van der Waals surface area contributed by atoms with E-state index in [2.05, 4.69) is 5.73 Å². The molecule has 3 nitrogen and oxygen atoms in total. The molecular formula is C8H14ClNO2S. The minimum absolute atomic E-state index is 0. The molecule has 0 heterocycles. The van der Waals surface area contributed by atoms with E-state index in [0.717, 1.165) is 0 Å². The van der Waals surface area contributed by atoms with Gasteiger partial charge in [0.15, 0.2) is 9.84 Å². The molecule has 0 bridgehead atoms. The molecule has 0 aliphatic heterocycles. The average Bonchev–Trinajstić information content (AvgIpc) is 2.08. The second-order valence-corrected chi connectivity index (χ2v) is 4.10. The fraction of sp³-hybridized carbons (Fsp3) is 0.250. The Kier molecular flexibility index (Phi) is 7.90. The summed E-state index contributed by atoms with van der Waals surface area (Å²) in [5.74, 6) is 0. The van der Waals surface area contributed by atoms with E-state index in [0.29, 0.717) is 4.90 Å². The normalized spacial score (nSPS) is 9.15. The first-order valence-corrected chi connectivity index (χ1v) is 5.33. The van der Waals surface area contributed by atoms with Crippen LogP contribution in [0.1, 0.15) is 0 Å². The van der Waals surface area contributed by atoms with Crippen molar-refractivity contribution in [3.8, 4) is 0 Å². The van der Waals surface area contributed by atoms with Crippen LogP contribution in [0.3, 0.4) is 0 Å². The largest absolute Gasteiger partial charge is 0.333 e. The van der Waals surface area contributed by atoms with Gasteiger partial charge in [-0.05, 0) is 19.2 Å². The highest BCUT2D eigenvalue weighted by Crippen LogP contribution is 2.05. The molecule has 1 aromatic carbocycles. The van der Waals surface area contributed by atoms with Crippen molar-refractivity contribution >= 4 is 22.2 Å². The SMILES string of the molecule is CN.CS(=O)(=O)c1ccccc1.Cl. The number of halogens is 1. The predicted molar refractivity (Wildman–Crippen MR) is 56.9 cm³/mol. The molecule has 13 heavy (non-hydrogen) atoms. The van der Waals surface area contributed by atoms with Gasteiger partial charge in [-0.15, -0.1) is 12.4 Å². The summed E-state index contributed by atoms with van der Waals surface area (Å²) in [6, 6.07) is 8.35. The molecule has 1 aromatic rings. The maximum atomic E-state index is 10.8. The monoisotopic (exact) mass is 223 g/mol. The molecule has 1 rings (SSSR count). The van der Waals surface area contributed by atoms with Crippen molar-refractivity contribution in [3.63, 3.8) is 0 Å². The summed E-state index contributed by atoms with van der Waals surface area (Å²) in [5, 5.41) is 0. The Labute approximate surface area is 85.3 Å². The highest BCUT2D eigenvalue weighted by Gasteiger charge is 2.02. The molecule has 2 N–H and O–H groups in total. The van der Waals surface area contributed by atoms with E-state index in [9.17, 15) is 8.42 Å². The highest BCUT2D eigenvalue weighted by atomic mass is 35.5. The van der Waals surface area contributed by atoms with Gasteiger partial charge in [-0.1, -0.05) is 18.2 Å². The van der Waals surface area contributed by atoms with Crippen LogP contribution in [0.2, 0.25) is 0 Å². The number of sulfone groups is 1. The van der Waals surface area contributed by atoms with E-state index in [1.54, 1.807) is 30.3 Å². The van der Waals surface area contributed by atoms with Gasteiger partial charge in [0.1, 0.15) is 0 Å². The van der Waals surface area contributed by atoms with Gasteiger partial charge in [0.2, 0.25) is 0 Å². The van der Waals surface area contributed by atoms with Crippen molar-refractivity contribution in [1.82, 2.24) is 0 Å². The summed E-state index contributed by atoms with van der Waals surface area (Å²) in [6.45, 7) is 0. The third kappa shape index (κ3) is 5.63. The predicted octanol–water partition coefficient (Wildman–Crippen LogP) is 1.09. The maximum absolute atomic E-state index is 10.8.